The summed E-state index contributed by atoms with van der Waals surface area (Å²) >= 11 is 0. The molecular weight excluding hydrogens is 770 g/mol. The van der Waals surface area contributed by atoms with Crippen molar-refractivity contribution in [1.82, 2.24) is 24.8 Å². The molecule has 9 nitrogen and oxygen atoms in total. The Kier molecular flexibility index (Phi) is 10.6. The zero-order valence-electron chi connectivity index (χ0n) is 34.8. The molecule has 6 heterocycles. The van der Waals surface area contributed by atoms with Gasteiger partial charge in [-0.1, -0.05) is 83.9 Å². The summed E-state index contributed by atoms with van der Waals surface area (Å²) in [5, 5.41) is 11.4. The molecule has 0 aliphatic carbocycles. The van der Waals surface area contributed by atoms with Gasteiger partial charge >= 0.3 is 12.1 Å². The first kappa shape index (κ1) is 40.8. The van der Waals surface area contributed by atoms with E-state index < -0.39 is 26.4 Å². The molecule has 13 heteroatoms. The third-order valence-electron chi connectivity index (χ3n) is 13.6. The second-order valence-corrected chi connectivity index (χ2v) is 23.7. The van der Waals surface area contributed by atoms with Gasteiger partial charge in [0.05, 0.1) is 23.0 Å². The van der Waals surface area contributed by atoms with Crippen LogP contribution in [0.25, 0.3) is 32.9 Å². The maximum absolute atomic E-state index is 17.6. The Hall–Kier alpha value is -4.93. The molecule has 2 atom stereocenters. The third-order valence-corrected chi connectivity index (χ3v) is 19.9. The van der Waals surface area contributed by atoms with E-state index in [1.165, 1.54) is 23.2 Å². The smallest absolute Gasteiger partial charge is 0.407 e. The number of carboxylic acid groups (broad SMARTS) is 1. The molecule has 2 bridgehead atoms. The van der Waals surface area contributed by atoms with Crippen LogP contribution in [-0.4, -0.2) is 94.4 Å². The zero-order valence-corrected chi connectivity index (χ0v) is 35.8. The molecule has 0 radical (unpaired) electrons. The van der Waals surface area contributed by atoms with Crippen LogP contribution in [0.4, 0.5) is 23.8 Å². The van der Waals surface area contributed by atoms with E-state index in [1.54, 1.807) is 12.1 Å². The number of hydrogen-bond acceptors (Lipinski definition) is 7. The number of hydrogen-bond donors (Lipinski definition) is 1. The summed E-state index contributed by atoms with van der Waals surface area (Å²) in [6, 6.07) is 7.65. The molecule has 4 aliphatic rings. The van der Waals surface area contributed by atoms with Crippen molar-refractivity contribution in [2.45, 2.75) is 108 Å². The van der Waals surface area contributed by atoms with Gasteiger partial charge in [0.1, 0.15) is 31.7 Å². The molecule has 0 unspecified atom stereocenters. The van der Waals surface area contributed by atoms with Gasteiger partial charge in [0, 0.05) is 54.5 Å². The van der Waals surface area contributed by atoms with Crippen molar-refractivity contribution >= 4 is 41.7 Å². The van der Waals surface area contributed by atoms with Crippen LogP contribution in [0, 0.1) is 17.3 Å². The minimum Gasteiger partial charge on any atom is -0.465 e. The van der Waals surface area contributed by atoms with Gasteiger partial charge in [-0.15, -0.1) is 5.54 Å². The number of fused-ring (bicyclic) bond motifs is 5. The van der Waals surface area contributed by atoms with Crippen LogP contribution in [0.1, 0.15) is 84.8 Å². The van der Waals surface area contributed by atoms with Gasteiger partial charge in [-0.25, -0.2) is 18.0 Å². The molecule has 8 rings (SSSR count). The summed E-state index contributed by atoms with van der Waals surface area (Å²) in [7, 11) is -2.20. The van der Waals surface area contributed by atoms with Crippen LogP contribution in [0.2, 0.25) is 16.6 Å². The van der Waals surface area contributed by atoms with Crippen molar-refractivity contribution in [1.29, 1.82) is 0 Å². The number of carbonyl (C=O) groups is 1. The highest BCUT2D eigenvalue weighted by Crippen LogP contribution is 2.45. The lowest BCUT2D eigenvalue weighted by atomic mass is 9.92. The average molecular weight is 823 g/mol. The molecule has 310 valence electrons. The van der Waals surface area contributed by atoms with Gasteiger partial charge in [-0.3, -0.25) is 14.8 Å². The van der Waals surface area contributed by atoms with Gasteiger partial charge in [-0.2, -0.15) is 9.97 Å². The van der Waals surface area contributed by atoms with Crippen LogP contribution in [0.3, 0.4) is 0 Å². The number of amides is 1. The summed E-state index contributed by atoms with van der Waals surface area (Å²) < 4.78 is 53.2. The Balaban J connectivity index is 1.30. The number of anilines is 1. The van der Waals surface area contributed by atoms with Crippen LogP contribution < -0.4 is 9.64 Å². The SMILES string of the molecule is C=C1CN2CC(=C)CC2(COc2nc(N3C[C@H]4CC[C@@H](C3)N4C(=O)O)c3cnc(-c4cc(C(F)F)cc5cccc(C#C[Si](C(C)C)(C(C)C)C(C)C)c45)c(F)c3n2)C1. The van der Waals surface area contributed by atoms with Crippen LogP contribution >= 0.6 is 0 Å². The Bertz CT molecular complexity index is 2390. The normalized spacial score (nSPS) is 20.5. The minimum atomic E-state index is -2.81. The van der Waals surface area contributed by atoms with Gasteiger partial charge < -0.3 is 14.7 Å². The fourth-order valence-corrected chi connectivity index (χ4v) is 16.2. The van der Waals surface area contributed by atoms with E-state index in [0.29, 0.717) is 70.1 Å². The number of alkyl halides is 2. The van der Waals surface area contributed by atoms with E-state index in [-0.39, 0.29) is 52.6 Å². The van der Waals surface area contributed by atoms with Gasteiger partial charge in [0.2, 0.25) is 0 Å². The number of piperazine rings is 1. The molecule has 0 saturated carbocycles. The van der Waals surface area contributed by atoms with E-state index in [0.717, 1.165) is 37.1 Å². The van der Waals surface area contributed by atoms with Crippen molar-refractivity contribution in [2.75, 3.05) is 37.7 Å². The summed E-state index contributed by atoms with van der Waals surface area (Å²) in [6.07, 6.45) is 0.591. The van der Waals surface area contributed by atoms with Crippen LogP contribution in [0.5, 0.6) is 6.01 Å². The van der Waals surface area contributed by atoms with E-state index in [2.05, 4.69) is 76.0 Å². The molecular formula is C46H53F3N6O3Si. The molecule has 4 aliphatic heterocycles. The first-order valence-corrected chi connectivity index (χ1v) is 23.0. The Morgan fingerprint density at radius 3 is 2.24 bits per heavy atom. The number of pyridine rings is 1. The monoisotopic (exact) mass is 822 g/mol. The third kappa shape index (κ3) is 6.95. The predicted octanol–water partition coefficient (Wildman–Crippen LogP) is 10.2. The Morgan fingerprint density at radius 1 is 1.00 bits per heavy atom. The highest BCUT2D eigenvalue weighted by Gasteiger charge is 2.49. The van der Waals surface area contributed by atoms with E-state index in [9.17, 15) is 18.7 Å². The lowest BCUT2D eigenvalue weighted by Gasteiger charge is -2.40. The fourth-order valence-electron chi connectivity index (χ4n) is 11.0. The van der Waals surface area contributed by atoms with Crippen LogP contribution in [-0.2, 0) is 0 Å². The van der Waals surface area contributed by atoms with Crippen molar-refractivity contribution in [3.05, 3.63) is 77.8 Å². The lowest BCUT2D eigenvalue weighted by molar-refractivity contribution is 0.107. The zero-order chi connectivity index (χ0) is 42.1. The molecule has 1 N–H and O–H groups in total. The summed E-state index contributed by atoms with van der Waals surface area (Å²) in [5.41, 5.74) is 7.07. The summed E-state index contributed by atoms with van der Waals surface area (Å²) in [4.78, 5) is 32.2. The first-order valence-electron chi connectivity index (χ1n) is 20.7. The van der Waals surface area contributed by atoms with Crippen molar-refractivity contribution in [2.24, 2.45) is 0 Å². The molecule has 2 aromatic carbocycles. The number of aromatic nitrogens is 3. The van der Waals surface area contributed by atoms with E-state index in [1.807, 2.05) is 11.0 Å². The van der Waals surface area contributed by atoms with Gasteiger partial charge in [-0.05, 0) is 65.9 Å². The fraction of sp³-hybridized carbons (Fsp3) is 0.478. The predicted molar refractivity (Wildman–Crippen MR) is 229 cm³/mol. The van der Waals surface area contributed by atoms with E-state index >= 15 is 4.39 Å². The number of benzene rings is 2. The quantitative estimate of drug-likeness (QED) is 0.101. The van der Waals surface area contributed by atoms with Crippen molar-refractivity contribution < 1.29 is 27.8 Å². The molecule has 4 fully saturated rings. The molecule has 0 spiro atoms. The second kappa shape index (κ2) is 15.3. The standard InChI is InChI=1S/C46H53F3N6O3Si/c1-26(2)59(27(3)4,28(5)6)15-14-31-10-9-11-32-16-33(42(48)49)17-36(38(31)32)40-39(47)41-37(20-50-40)43(53-23-34-12-13-35(24-53)55(34)45(56)57)52-44(51-41)58-25-46-18-29(7)21-54(46)22-30(8)19-46/h9-11,16-17,20,26-28,34-35,42H,7-8,12-13,18-19,21-25H2,1-6H3,(H,56,57)/t34-,35+. The summed E-state index contributed by atoms with van der Waals surface area (Å²) in [5.74, 6) is 3.10. The van der Waals surface area contributed by atoms with Crippen molar-refractivity contribution in [3.8, 4) is 28.7 Å². The first-order chi connectivity index (χ1) is 28.0. The molecule has 4 aromatic rings. The molecule has 2 aromatic heterocycles. The Labute approximate surface area is 345 Å². The highest BCUT2D eigenvalue weighted by molar-refractivity contribution is 6.90. The average Bonchev–Trinajstić information content (AvgIpc) is 3.75. The maximum atomic E-state index is 17.6. The largest absolute Gasteiger partial charge is 0.465 e. The van der Waals surface area contributed by atoms with Gasteiger partial charge in [0.15, 0.2) is 5.82 Å². The molecule has 59 heavy (non-hydrogen) atoms. The number of rotatable bonds is 9. The summed E-state index contributed by atoms with van der Waals surface area (Å²) in [6.45, 7) is 24.3. The number of ether oxygens (including phenoxy) is 1. The highest BCUT2D eigenvalue weighted by atomic mass is 28.3. The maximum Gasteiger partial charge on any atom is 0.407 e. The second-order valence-electron chi connectivity index (χ2n) is 18.1. The lowest BCUT2D eigenvalue weighted by Crippen LogP contribution is -2.55. The topological polar surface area (TPSA) is 94.9 Å². The molecule has 1 amide bonds. The number of halogens is 3. The Morgan fingerprint density at radius 2 is 1.64 bits per heavy atom. The van der Waals surface area contributed by atoms with Crippen molar-refractivity contribution in [3.63, 3.8) is 0 Å². The number of nitrogens with zero attached hydrogens (tertiary/aromatic N) is 6. The minimum absolute atomic E-state index is 0.0315. The van der Waals surface area contributed by atoms with Gasteiger partial charge in [0.25, 0.3) is 6.43 Å². The van der Waals surface area contributed by atoms with Crippen LogP contribution in [0.15, 0.2) is 60.8 Å². The molecule has 4 saturated heterocycles. The van der Waals surface area contributed by atoms with E-state index in [4.69, 9.17) is 14.7 Å².